The van der Waals surface area contributed by atoms with Gasteiger partial charge in [0.1, 0.15) is 18.2 Å². The monoisotopic (exact) mass is 412 g/mol. The number of benzene rings is 2. The van der Waals surface area contributed by atoms with Crippen LogP contribution < -0.4 is 10.1 Å². The summed E-state index contributed by atoms with van der Waals surface area (Å²) in [6, 6.07) is 13.5. The van der Waals surface area contributed by atoms with Crippen LogP contribution in [0.1, 0.15) is 24.0 Å². The summed E-state index contributed by atoms with van der Waals surface area (Å²) in [5.41, 5.74) is -0.0182. The Bertz CT molecular complexity index is 914. The molecule has 1 amide bonds. The third kappa shape index (κ3) is 5.04. The van der Waals surface area contributed by atoms with E-state index >= 15 is 0 Å². The minimum Gasteiger partial charge on any atom is -0.494 e. The fourth-order valence-electron chi connectivity index (χ4n) is 3.08. The molecular weight excluding hydrogens is 387 g/mol. The predicted octanol–water partition coefficient (Wildman–Crippen LogP) is 3.00. The van der Waals surface area contributed by atoms with E-state index in [-0.39, 0.29) is 31.5 Å². The first-order valence-corrected chi connectivity index (χ1v) is 9.77. The lowest BCUT2D eigenvalue weighted by Gasteiger charge is -2.21. The third-order valence-corrected chi connectivity index (χ3v) is 4.74. The molecule has 0 fully saturated rings. The zero-order valence-corrected chi connectivity index (χ0v) is 16.6. The molecule has 0 unspecified atom stereocenters. The summed E-state index contributed by atoms with van der Waals surface area (Å²) in [4.78, 5) is 17.5. The van der Waals surface area contributed by atoms with Crippen LogP contribution in [-0.4, -0.2) is 42.3 Å². The Balaban J connectivity index is 1.71. The first kappa shape index (κ1) is 21.5. The number of aliphatic hydroxyl groups is 1. The summed E-state index contributed by atoms with van der Waals surface area (Å²) < 4.78 is 25.1. The Morgan fingerprint density at radius 1 is 1.30 bits per heavy atom. The van der Waals surface area contributed by atoms with Crippen molar-refractivity contribution in [2.24, 2.45) is 4.99 Å². The molecule has 30 heavy (non-hydrogen) atoms. The number of ether oxygens (including phenoxy) is 2. The number of amides is 1. The van der Waals surface area contributed by atoms with Gasteiger partial charge < -0.3 is 19.9 Å². The van der Waals surface area contributed by atoms with Gasteiger partial charge in [-0.2, -0.15) is 0 Å². The van der Waals surface area contributed by atoms with E-state index in [1.165, 1.54) is 6.07 Å². The van der Waals surface area contributed by atoms with Crippen LogP contribution in [0.4, 0.5) is 4.39 Å². The number of carbonyl (C=O) groups excluding carboxylic acids is 1. The van der Waals surface area contributed by atoms with Gasteiger partial charge >= 0.3 is 0 Å². The molecule has 1 aliphatic heterocycles. The van der Waals surface area contributed by atoms with Crippen molar-refractivity contribution in [1.82, 2.24) is 5.32 Å². The highest BCUT2D eigenvalue weighted by molar-refractivity contribution is 6.00. The van der Waals surface area contributed by atoms with Crippen LogP contribution in [0, 0.1) is 5.82 Å². The molecule has 7 heteroatoms. The molecule has 0 spiro atoms. The molecule has 0 aliphatic carbocycles. The van der Waals surface area contributed by atoms with Crippen molar-refractivity contribution in [2.75, 3.05) is 19.8 Å². The number of halogens is 1. The number of carbonyl (C=O) groups is 1. The Morgan fingerprint density at radius 2 is 2.07 bits per heavy atom. The van der Waals surface area contributed by atoms with Crippen molar-refractivity contribution < 1.29 is 23.8 Å². The lowest BCUT2D eigenvalue weighted by molar-refractivity contribution is -0.126. The van der Waals surface area contributed by atoms with Gasteiger partial charge in [-0.3, -0.25) is 4.79 Å². The quantitative estimate of drug-likeness (QED) is 0.464. The second kappa shape index (κ2) is 10.0. The Kier molecular flexibility index (Phi) is 7.19. The molecule has 3 rings (SSSR count). The summed E-state index contributed by atoms with van der Waals surface area (Å²) >= 11 is 0. The summed E-state index contributed by atoms with van der Waals surface area (Å²) in [5, 5.41) is 11.6. The van der Waals surface area contributed by atoms with Crippen LogP contribution >= 0.6 is 0 Å². The van der Waals surface area contributed by atoms with Gasteiger partial charge in [0.05, 0.1) is 6.61 Å². The first-order chi connectivity index (χ1) is 14.6. The first-order valence-electron chi connectivity index (χ1n) is 9.77. The highest BCUT2D eigenvalue weighted by Crippen LogP contribution is 2.27. The van der Waals surface area contributed by atoms with Gasteiger partial charge in [0.15, 0.2) is 5.54 Å². The number of hydrogen-bond acceptors (Lipinski definition) is 5. The lowest BCUT2D eigenvalue weighted by Crippen LogP contribution is -2.46. The fraction of sp³-hybridized carbons (Fsp3) is 0.304. The Labute approximate surface area is 175 Å². The fourth-order valence-corrected chi connectivity index (χ4v) is 3.08. The van der Waals surface area contributed by atoms with Gasteiger partial charge in [0.2, 0.25) is 5.90 Å². The van der Waals surface area contributed by atoms with E-state index in [1.807, 2.05) is 0 Å². The van der Waals surface area contributed by atoms with Gasteiger partial charge in [-0.15, -0.1) is 6.58 Å². The second-order valence-electron chi connectivity index (χ2n) is 6.95. The number of rotatable bonds is 10. The van der Waals surface area contributed by atoms with Crippen molar-refractivity contribution in [1.29, 1.82) is 0 Å². The predicted molar refractivity (Wildman–Crippen MR) is 112 cm³/mol. The van der Waals surface area contributed by atoms with E-state index < -0.39 is 5.54 Å². The Hall–Kier alpha value is -3.19. The molecule has 2 aromatic rings. The zero-order chi connectivity index (χ0) is 21.4. The molecule has 0 saturated heterocycles. The van der Waals surface area contributed by atoms with Crippen LogP contribution in [0.2, 0.25) is 0 Å². The van der Waals surface area contributed by atoms with Crippen molar-refractivity contribution in [3.05, 3.63) is 78.1 Å². The third-order valence-electron chi connectivity index (χ3n) is 4.74. The molecule has 1 heterocycles. The molecule has 2 aromatic carbocycles. The van der Waals surface area contributed by atoms with Gasteiger partial charge in [0.25, 0.3) is 5.91 Å². The topological polar surface area (TPSA) is 80.2 Å². The smallest absolute Gasteiger partial charge is 0.252 e. The van der Waals surface area contributed by atoms with Crippen molar-refractivity contribution in [2.45, 2.75) is 24.9 Å². The summed E-state index contributed by atoms with van der Waals surface area (Å²) in [5.74, 6) is 0.318. The maximum absolute atomic E-state index is 13.8. The van der Waals surface area contributed by atoms with Crippen LogP contribution in [0.3, 0.4) is 0 Å². The minimum absolute atomic E-state index is 0.0646. The molecule has 0 bridgehead atoms. The molecule has 1 atom stereocenters. The number of nitrogens with zero attached hydrogens (tertiary/aromatic N) is 1. The largest absolute Gasteiger partial charge is 0.494 e. The van der Waals surface area contributed by atoms with E-state index in [4.69, 9.17) is 14.6 Å². The maximum atomic E-state index is 13.8. The molecule has 2 N–H and O–H groups in total. The number of aliphatic hydroxyl groups excluding tert-OH is 1. The molecule has 6 nitrogen and oxygen atoms in total. The summed E-state index contributed by atoms with van der Waals surface area (Å²) in [6.07, 6.45) is 2.47. The average Bonchev–Trinajstić information content (AvgIpc) is 3.19. The number of aliphatic imine (C=N–C) groups is 1. The van der Waals surface area contributed by atoms with Crippen molar-refractivity contribution in [3.63, 3.8) is 0 Å². The van der Waals surface area contributed by atoms with E-state index in [2.05, 4.69) is 16.9 Å². The average molecular weight is 412 g/mol. The molecule has 1 aliphatic rings. The normalized spacial score (nSPS) is 17.7. The Morgan fingerprint density at radius 3 is 2.77 bits per heavy atom. The van der Waals surface area contributed by atoms with Gasteiger partial charge in [0, 0.05) is 37.1 Å². The van der Waals surface area contributed by atoms with Crippen LogP contribution in [0.15, 0.2) is 66.2 Å². The lowest BCUT2D eigenvalue weighted by atomic mass is 9.96. The molecule has 0 aromatic heterocycles. The summed E-state index contributed by atoms with van der Waals surface area (Å²) in [7, 11) is 0. The maximum Gasteiger partial charge on any atom is 0.252 e. The molecule has 0 saturated carbocycles. The van der Waals surface area contributed by atoms with Crippen molar-refractivity contribution >= 4 is 11.8 Å². The van der Waals surface area contributed by atoms with Crippen LogP contribution in [0.25, 0.3) is 0 Å². The highest BCUT2D eigenvalue weighted by atomic mass is 19.1. The molecular formula is C23H25FN2O4. The van der Waals surface area contributed by atoms with Crippen molar-refractivity contribution in [3.8, 4) is 5.75 Å². The van der Waals surface area contributed by atoms with E-state index in [0.29, 0.717) is 36.7 Å². The zero-order valence-electron chi connectivity index (χ0n) is 16.6. The van der Waals surface area contributed by atoms with Gasteiger partial charge in [-0.1, -0.05) is 24.3 Å². The second-order valence-corrected chi connectivity index (χ2v) is 6.95. The van der Waals surface area contributed by atoms with E-state index in [1.54, 1.807) is 48.5 Å². The number of hydrogen-bond donors (Lipinski definition) is 2. The minimum atomic E-state index is -1.14. The standard InChI is InChI=1S/C23H25FN2O4/c1-2-12-23(22(28)25-15-18-6-3-4-7-20(18)24)16-30-21(26-23)17-8-10-19(11-9-17)29-14-5-13-27/h2-4,6-11,27H,1,5,12-16H2,(H,25,28)/t23-/m1/s1. The van der Waals surface area contributed by atoms with Gasteiger partial charge in [-0.05, 0) is 30.3 Å². The number of nitrogens with one attached hydrogen (secondary N) is 1. The molecule has 158 valence electrons. The SMILES string of the molecule is C=CC[C@]1(C(=O)NCc2ccccc2F)COC(c2ccc(OCCCO)cc2)=N1. The van der Waals surface area contributed by atoms with Gasteiger partial charge in [-0.25, -0.2) is 9.38 Å². The van der Waals surface area contributed by atoms with Crippen LogP contribution in [-0.2, 0) is 16.1 Å². The highest BCUT2D eigenvalue weighted by Gasteiger charge is 2.43. The van der Waals surface area contributed by atoms with E-state index in [9.17, 15) is 9.18 Å². The summed E-state index contributed by atoms with van der Waals surface area (Å²) in [6.45, 7) is 4.37. The van der Waals surface area contributed by atoms with E-state index in [0.717, 1.165) is 5.56 Å². The van der Waals surface area contributed by atoms with Crippen LogP contribution in [0.5, 0.6) is 5.75 Å². The molecule has 0 radical (unpaired) electrons.